The van der Waals surface area contributed by atoms with Crippen molar-refractivity contribution in [3.05, 3.63) is 0 Å². The van der Waals surface area contributed by atoms with Crippen molar-refractivity contribution < 1.29 is 9.53 Å². The van der Waals surface area contributed by atoms with Gasteiger partial charge in [0.2, 0.25) is 0 Å². The molecule has 0 fully saturated rings. The minimum Gasteiger partial charge on any atom is -0.462 e. The average molecular weight is 159 g/mol. The van der Waals surface area contributed by atoms with Crippen LogP contribution in [-0.4, -0.2) is 24.7 Å². The van der Waals surface area contributed by atoms with Crippen LogP contribution in [0.25, 0.3) is 0 Å². The van der Waals surface area contributed by atoms with Gasteiger partial charge in [0.15, 0.2) is 0 Å². The van der Waals surface area contributed by atoms with Crippen molar-refractivity contribution >= 4 is 5.97 Å². The predicted octanol–water partition coefficient (Wildman–Crippen LogP) is 0.936. The van der Waals surface area contributed by atoms with Crippen molar-refractivity contribution in [3.63, 3.8) is 0 Å². The zero-order valence-electron chi connectivity index (χ0n) is 7.68. The van der Waals surface area contributed by atoms with Crippen LogP contribution < -0.4 is 5.32 Å². The second-order valence-corrected chi connectivity index (χ2v) is 2.77. The van der Waals surface area contributed by atoms with Gasteiger partial charge in [-0.05, 0) is 27.3 Å². The van der Waals surface area contributed by atoms with Crippen LogP contribution >= 0.6 is 0 Å². The molecule has 0 radical (unpaired) electrons. The van der Waals surface area contributed by atoms with Gasteiger partial charge in [0, 0.05) is 0 Å². The SMILES string of the molecule is CCN[C@@H](C)C(=O)OC(C)C. The molecule has 3 nitrogen and oxygen atoms in total. The molecule has 0 aliphatic rings. The van der Waals surface area contributed by atoms with Gasteiger partial charge in [0.05, 0.1) is 6.10 Å². The molecule has 0 aliphatic heterocycles. The molecule has 0 aliphatic carbocycles. The van der Waals surface area contributed by atoms with Gasteiger partial charge in [-0.1, -0.05) is 6.92 Å². The minimum absolute atomic E-state index is 0.0244. The van der Waals surface area contributed by atoms with Crippen LogP contribution in [0.5, 0.6) is 0 Å². The molecule has 0 aromatic rings. The molecule has 0 rings (SSSR count). The van der Waals surface area contributed by atoms with Crippen LogP contribution in [-0.2, 0) is 9.53 Å². The summed E-state index contributed by atoms with van der Waals surface area (Å²) in [5, 5.41) is 2.98. The molecule has 0 saturated heterocycles. The van der Waals surface area contributed by atoms with E-state index >= 15 is 0 Å². The van der Waals surface area contributed by atoms with Gasteiger partial charge >= 0.3 is 5.97 Å². The molecule has 0 aromatic heterocycles. The molecule has 0 unspecified atom stereocenters. The van der Waals surface area contributed by atoms with E-state index in [-0.39, 0.29) is 18.1 Å². The lowest BCUT2D eigenvalue weighted by Crippen LogP contribution is -2.36. The Labute approximate surface area is 68.1 Å². The summed E-state index contributed by atoms with van der Waals surface area (Å²) in [6, 6.07) is -0.192. The molecule has 0 heterocycles. The smallest absolute Gasteiger partial charge is 0.323 e. The summed E-state index contributed by atoms with van der Waals surface area (Å²) in [6.07, 6.45) is -0.0244. The van der Waals surface area contributed by atoms with Crippen LogP contribution in [0, 0.1) is 0 Å². The van der Waals surface area contributed by atoms with Gasteiger partial charge in [-0.3, -0.25) is 4.79 Å². The summed E-state index contributed by atoms with van der Waals surface area (Å²) in [6.45, 7) is 8.23. The summed E-state index contributed by atoms with van der Waals surface area (Å²) < 4.78 is 4.96. The second-order valence-electron chi connectivity index (χ2n) is 2.77. The van der Waals surface area contributed by atoms with Gasteiger partial charge in [0.1, 0.15) is 6.04 Å². The van der Waals surface area contributed by atoms with E-state index in [1.165, 1.54) is 0 Å². The highest BCUT2D eigenvalue weighted by Gasteiger charge is 2.13. The number of nitrogens with one attached hydrogen (secondary N) is 1. The molecule has 0 bridgehead atoms. The van der Waals surface area contributed by atoms with Crippen LogP contribution in [0.3, 0.4) is 0 Å². The Bertz CT molecular complexity index is 123. The molecule has 3 heteroatoms. The van der Waals surface area contributed by atoms with E-state index in [0.717, 1.165) is 6.54 Å². The third-order valence-corrected chi connectivity index (χ3v) is 1.22. The monoisotopic (exact) mass is 159 g/mol. The molecule has 1 atom stereocenters. The van der Waals surface area contributed by atoms with E-state index in [1.54, 1.807) is 6.92 Å². The number of carbonyl (C=O) groups excluding carboxylic acids is 1. The fraction of sp³-hybridized carbons (Fsp3) is 0.875. The lowest BCUT2D eigenvalue weighted by molar-refractivity contribution is -0.149. The van der Waals surface area contributed by atoms with Crippen LogP contribution in [0.4, 0.5) is 0 Å². The van der Waals surface area contributed by atoms with E-state index < -0.39 is 0 Å². The third kappa shape index (κ3) is 4.79. The quantitative estimate of drug-likeness (QED) is 0.620. The van der Waals surface area contributed by atoms with Crippen molar-refractivity contribution in [2.75, 3.05) is 6.54 Å². The fourth-order valence-electron chi connectivity index (χ4n) is 0.724. The fourth-order valence-corrected chi connectivity index (χ4v) is 0.724. The zero-order chi connectivity index (χ0) is 8.85. The molecule has 0 aromatic carbocycles. The number of ether oxygens (including phenoxy) is 1. The van der Waals surface area contributed by atoms with Crippen LogP contribution in [0.15, 0.2) is 0 Å². The van der Waals surface area contributed by atoms with Crippen molar-refractivity contribution in [3.8, 4) is 0 Å². The van der Waals surface area contributed by atoms with E-state index in [1.807, 2.05) is 20.8 Å². The maximum atomic E-state index is 11.1. The molecule has 11 heavy (non-hydrogen) atoms. The molecular weight excluding hydrogens is 142 g/mol. The largest absolute Gasteiger partial charge is 0.462 e. The molecule has 0 amide bonds. The van der Waals surface area contributed by atoms with Crippen molar-refractivity contribution in [1.82, 2.24) is 5.32 Å². The lowest BCUT2D eigenvalue weighted by atomic mass is 10.3. The Kier molecular flexibility index (Phi) is 4.86. The number of likely N-dealkylation sites (N-methyl/N-ethyl adjacent to an activating group) is 1. The van der Waals surface area contributed by atoms with E-state index in [4.69, 9.17) is 4.74 Å². The van der Waals surface area contributed by atoms with E-state index in [0.29, 0.717) is 0 Å². The summed E-state index contributed by atoms with van der Waals surface area (Å²) in [7, 11) is 0. The zero-order valence-corrected chi connectivity index (χ0v) is 7.68. The van der Waals surface area contributed by atoms with E-state index in [2.05, 4.69) is 5.32 Å². The summed E-state index contributed by atoms with van der Waals surface area (Å²) in [4.78, 5) is 11.1. The van der Waals surface area contributed by atoms with Crippen molar-refractivity contribution in [1.29, 1.82) is 0 Å². The first kappa shape index (κ1) is 10.4. The Morgan fingerprint density at radius 1 is 1.45 bits per heavy atom. The second kappa shape index (κ2) is 5.13. The molecule has 1 N–H and O–H groups in total. The Balaban J connectivity index is 3.64. The van der Waals surface area contributed by atoms with Crippen LogP contribution in [0.1, 0.15) is 27.7 Å². The Hall–Kier alpha value is -0.570. The lowest BCUT2D eigenvalue weighted by Gasteiger charge is -2.13. The number of esters is 1. The third-order valence-electron chi connectivity index (χ3n) is 1.22. The van der Waals surface area contributed by atoms with Gasteiger partial charge < -0.3 is 10.1 Å². The van der Waals surface area contributed by atoms with E-state index in [9.17, 15) is 4.79 Å². The van der Waals surface area contributed by atoms with Crippen molar-refractivity contribution in [2.45, 2.75) is 39.8 Å². The highest BCUT2D eigenvalue weighted by Crippen LogP contribution is 1.93. The van der Waals surface area contributed by atoms with Crippen LogP contribution in [0.2, 0.25) is 0 Å². The standard InChI is InChI=1S/C8H17NO2/c1-5-9-7(4)8(10)11-6(2)3/h6-7,9H,5H2,1-4H3/t7-/m0/s1. The molecule has 0 saturated carbocycles. The van der Waals surface area contributed by atoms with Gasteiger partial charge in [-0.2, -0.15) is 0 Å². The summed E-state index contributed by atoms with van der Waals surface area (Å²) >= 11 is 0. The Morgan fingerprint density at radius 2 is 2.00 bits per heavy atom. The van der Waals surface area contributed by atoms with Gasteiger partial charge in [-0.15, -0.1) is 0 Å². The number of hydrogen-bond donors (Lipinski definition) is 1. The molecular formula is C8H17NO2. The topological polar surface area (TPSA) is 38.3 Å². The first-order chi connectivity index (χ1) is 5.07. The summed E-state index contributed by atoms with van der Waals surface area (Å²) in [5.41, 5.74) is 0. The minimum atomic E-state index is -0.192. The molecule has 66 valence electrons. The number of rotatable bonds is 4. The summed E-state index contributed by atoms with van der Waals surface area (Å²) in [5.74, 6) is -0.179. The number of hydrogen-bond acceptors (Lipinski definition) is 3. The van der Waals surface area contributed by atoms with Gasteiger partial charge in [0.25, 0.3) is 0 Å². The van der Waals surface area contributed by atoms with Gasteiger partial charge in [-0.25, -0.2) is 0 Å². The highest BCUT2D eigenvalue weighted by atomic mass is 16.5. The average Bonchev–Trinajstić information content (AvgIpc) is 1.86. The predicted molar refractivity (Wildman–Crippen MR) is 44.4 cm³/mol. The molecule has 0 spiro atoms. The normalized spacial score (nSPS) is 13.2. The van der Waals surface area contributed by atoms with Crippen molar-refractivity contribution in [2.24, 2.45) is 0 Å². The highest BCUT2D eigenvalue weighted by molar-refractivity contribution is 5.75. The number of carbonyl (C=O) groups is 1. The first-order valence-electron chi connectivity index (χ1n) is 4.01. The maximum Gasteiger partial charge on any atom is 0.323 e. The first-order valence-corrected chi connectivity index (χ1v) is 4.01. The maximum absolute atomic E-state index is 11.1. The Morgan fingerprint density at radius 3 is 2.36 bits per heavy atom.